The normalized spacial score (nSPS) is 11.0. The number of nitrogen functional groups attached to an aromatic ring is 1. The van der Waals surface area contributed by atoms with E-state index in [1.807, 2.05) is 30.3 Å². The summed E-state index contributed by atoms with van der Waals surface area (Å²) in [6.07, 6.45) is 7.77. The first kappa shape index (κ1) is 29.3. The number of azide groups is 1. The molecular formula is C28H34N6O4S. The summed E-state index contributed by atoms with van der Waals surface area (Å²) < 4.78 is 27.5. The Bertz CT molecular complexity index is 1440. The quantitative estimate of drug-likeness (QED) is 0.0443. The number of nitrogens with one attached hydrogen (secondary N) is 2. The Hall–Kier alpha value is -4.21. The maximum atomic E-state index is 12.9. The van der Waals surface area contributed by atoms with E-state index >= 15 is 0 Å². The maximum Gasteiger partial charge on any atom is 0.323 e. The van der Waals surface area contributed by atoms with Crippen molar-refractivity contribution in [1.82, 2.24) is 0 Å². The SMILES string of the molecule is CCCCCCCCc1cc(NC(=O)Nc2cc(N)ccc2S(=O)(=O)N=[N+]=[N-])cc(Cc2ccccc2)c1O. The van der Waals surface area contributed by atoms with Gasteiger partial charge in [0.25, 0.3) is 10.0 Å². The van der Waals surface area contributed by atoms with Crippen molar-refractivity contribution in [1.29, 1.82) is 0 Å². The zero-order chi connectivity index (χ0) is 28.3. The number of aryl methyl sites for hydroxylation is 1. The van der Waals surface area contributed by atoms with Gasteiger partial charge in [0.2, 0.25) is 0 Å². The van der Waals surface area contributed by atoms with Gasteiger partial charge in [-0.25, -0.2) is 13.2 Å². The average Bonchev–Trinajstić information content (AvgIpc) is 2.89. The van der Waals surface area contributed by atoms with E-state index in [1.165, 1.54) is 31.4 Å². The lowest BCUT2D eigenvalue weighted by Gasteiger charge is -2.16. The summed E-state index contributed by atoms with van der Waals surface area (Å²) >= 11 is 0. The predicted molar refractivity (Wildman–Crippen MR) is 154 cm³/mol. The molecule has 2 amide bonds. The van der Waals surface area contributed by atoms with Crippen molar-refractivity contribution in [3.8, 4) is 5.75 Å². The fraction of sp³-hybridized carbons (Fsp3) is 0.321. The Labute approximate surface area is 228 Å². The third-order valence-corrected chi connectivity index (χ3v) is 7.44. The van der Waals surface area contributed by atoms with Crippen molar-refractivity contribution >= 4 is 33.1 Å². The number of urea groups is 1. The number of rotatable bonds is 13. The second kappa shape index (κ2) is 14.1. The van der Waals surface area contributed by atoms with Gasteiger partial charge in [0, 0.05) is 32.8 Å². The molecule has 3 aromatic carbocycles. The summed E-state index contributed by atoms with van der Waals surface area (Å²) in [6.45, 7) is 2.17. The minimum absolute atomic E-state index is 0.129. The van der Waals surface area contributed by atoms with Crippen LogP contribution in [0.5, 0.6) is 5.75 Å². The Morgan fingerprint density at radius 2 is 1.67 bits per heavy atom. The van der Waals surface area contributed by atoms with E-state index in [0.717, 1.165) is 36.5 Å². The molecule has 11 heteroatoms. The smallest absolute Gasteiger partial charge is 0.323 e. The summed E-state index contributed by atoms with van der Waals surface area (Å²) in [5, 5.41) is 16.3. The number of carbonyl (C=O) groups is 1. The monoisotopic (exact) mass is 550 g/mol. The van der Waals surface area contributed by atoms with E-state index in [0.29, 0.717) is 24.1 Å². The van der Waals surface area contributed by atoms with Gasteiger partial charge in [0.05, 0.1) is 10.6 Å². The number of hydrogen-bond acceptors (Lipinski definition) is 5. The minimum Gasteiger partial charge on any atom is -0.507 e. The lowest BCUT2D eigenvalue weighted by Crippen LogP contribution is -2.21. The highest BCUT2D eigenvalue weighted by Gasteiger charge is 2.20. The van der Waals surface area contributed by atoms with Crippen molar-refractivity contribution in [2.75, 3.05) is 16.4 Å². The highest BCUT2D eigenvalue weighted by atomic mass is 32.2. The summed E-state index contributed by atoms with van der Waals surface area (Å²) in [4.78, 5) is 14.9. The van der Waals surface area contributed by atoms with Crippen molar-refractivity contribution in [2.24, 2.45) is 4.52 Å². The number of nitrogens with zero attached hydrogens (tertiary/aromatic N) is 3. The molecule has 206 valence electrons. The Balaban J connectivity index is 1.85. The summed E-state index contributed by atoms with van der Waals surface area (Å²) in [6, 6.07) is 16.1. The number of unbranched alkanes of at least 4 members (excludes halogenated alkanes) is 5. The Morgan fingerprint density at radius 1 is 0.974 bits per heavy atom. The first-order chi connectivity index (χ1) is 18.7. The molecule has 0 saturated carbocycles. The fourth-order valence-corrected chi connectivity index (χ4v) is 5.13. The third kappa shape index (κ3) is 8.66. The zero-order valence-corrected chi connectivity index (χ0v) is 22.7. The van der Waals surface area contributed by atoms with Crippen molar-refractivity contribution < 1.29 is 18.3 Å². The van der Waals surface area contributed by atoms with E-state index in [2.05, 4.69) is 27.0 Å². The number of amides is 2. The molecule has 0 saturated heterocycles. The first-order valence-corrected chi connectivity index (χ1v) is 14.3. The van der Waals surface area contributed by atoms with Gasteiger partial charge >= 0.3 is 6.03 Å². The molecule has 0 radical (unpaired) electrons. The molecule has 0 bridgehead atoms. The molecule has 0 heterocycles. The molecule has 0 fully saturated rings. The molecule has 0 aliphatic carbocycles. The van der Waals surface area contributed by atoms with Crippen LogP contribution in [0.2, 0.25) is 0 Å². The largest absolute Gasteiger partial charge is 0.507 e. The van der Waals surface area contributed by atoms with Crippen LogP contribution in [0, 0.1) is 0 Å². The lowest BCUT2D eigenvalue weighted by molar-refractivity contribution is 0.262. The van der Waals surface area contributed by atoms with Crippen LogP contribution in [-0.4, -0.2) is 19.6 Å². The lowest BCUT2D eigenvalue weighted by atomic mass is 9.97. The van der Waals surface area contributed by atoms with E-state index in [1.54, 1.807) is 12.1 Å². The molecule has 0 atom stereocenters. The first-order valence-electron chi connectivity index (χ1n) is 12.9. The van der Waals surface area contributed by atoms with Crippen LogP contribution in [0.3, 0.4) is 0 Å². The molecule has 5 N–H and O–H groups in total. The van der Waals surface area contributed by atoms with Crippen LogP contribution < -0.4 is 16.4 Å². The van der Waals surface area contributed by atoms with Crippen LogP contribution in [0.25, 0.3) is 10.4 Å². The number of phenols is 1. The standard InChI is InChI=1S/C28H34N6O4S/c1-2-3-4-5-6-10-13-21-17-24(18-22(27(21)35)16-20-11-8-7-9-12-20)31-28(36)32-25-19-23(29)14-15-26(25)39(37,38)34-33-30/h7-9,11-12,14-15,17-19,35H,2-6,10,13,16,29H2,1H3,(H2,31,32,36). The van der Waals surface area contributed by atoms with Gasteiger partial charge in [0.15, 0.2) is 0 Å². The molecule has 0 spiro atoms. The molecule has 10 nitrogen and oxygen atoms in total. The average molecular weight is 551 g/mol. The second-order valence-electron chi connectivity index (χ2n) is 9.30. The van der Waals surface area contributed by atoms with Crippen molar-refractivity contribution in [3.63, 3.8) is 0 Å². The number of nitrogens with two attached hydrogens (primary N) is 1. The van der Waals surface area contributed by atoms with E-state index in [-0.39, 0.29) is 22.0 Å². The highest BCUT2D eigenvalue weighted by molar-refractivity contribution is 7.90. The van der Waals surface area contributed by atoms with Crippen LogP contribution in [0.15, 0.2) is 70.1 Å². The topological polar surface area (TPSA) is 170 Å². The van der Waals surface area contributed by atoms with Crippen LogP contribution in [-0.2, 0) is 22.9 Å². The van der Waals surface area contributed by atoms with E-state index in [9.17, 15) is 18.3 Å². The molecule has 0 aromatic heterocycles. The fourth-order valence-electron chi connectivity index (χ4n) is 4.32. The van der Waals surface area contributed by atoms with Gasteiger partial charge in [-0.15, -0.1) is 0 Å². The molecular weight excluding hydrogens is 516 g/mol. The van der Waals surface area contributed by atoms with Crippen molar-refractivity contribution in [3.05, 3.63) is 87.8 Å². The van der Waals surface area contributed by atoms with Crippen molar-refractivity contribution in [2.45, 2.75) is 63.2 Å². The molecule has 3 aromatic rings. The second-order valence-corrected chi connectivity index (χ2v) is 10.9. The Morgan fingerprint density at radius 3 is 2.38 bits per heavy atom. The molecule has 3 rings (SSSR count). The molecule has 0 unspecified atom stereocenters. The number of anilines is 3. The molecule has 0 aliphatic heterocycles. The van der Waals surface area contributed by atoms with Gasteiger partial charge < -0.3 is 21.5 Å². The highest BCUT2D eigenvalue weighted by Crippen LogP contribution is 2.31. The third-order valence-electron chi connectivity index (χ3n) is 6.24. The number of carbonyl (C=O) groups excluding carboxylic acids is 1. The van der Waals surface area contributed by atoms with E-state index < -0.39 is 16.1 Å². The number of hydrogen-bond donors (Lipinski definition) is 4. The van der Waals surface area contributed by atoms with Gasteiger partial charge in [-0.3, -0.25) is 0 Å². The number of phenolic OH excluding ortho intramolecular Hbond substituents is 1. The summed E-state index contributed by atoms with van der Waals surface area (Å²) in [7, 11) is -4.37. The van der Waals surface area contributed by atoms with Gasteiger partial charge in [-0.2, -0.15) is 0 Å². The maximum absolute atomic E-state index is 12.9. The zero-order valence-electron chi connectivity index (χ0n) is 21.9. The molecule has 39 heavy (non-hydrogen) atoms. The van der Waals surface area contributed by atoms with Crippen LogP contribution in [0.1, 0.15) is 62.1 Å². The van der Waals surface area contributed by atoms with E-state index in [4.69, 9.17) is 11.3 Å². The summed E-state index contributed by atoms with van der Waals surface area (Å²) in [5.41, 5.74) is 17.3. The Kier molecular flexibility index (Phi) is 10.6. The van der Waals surface area contributed by atoms with Gasteiger partial charge in [0.1, 0.15) is 5.75 Å². The number of sulfonamides is 1. The minimum atomic E-state index is -4.37. The number of aromatic hydroxyl groups is 1. The predicted octanol–water partition coefficient (Wildman–Crippen LogP) is 7.11. The van der Waals surface area contributed by atoms with Gasteiger partial charge in [-0.05, 0) is 59.8 Å². The van der Waals surface area contributed by atoms with Crippen LogP contribution >= 0.6 is 0 Å². The summed E-state index contributed by atoms with van der Waals surface area (Å²) in [5.74, 6) is 0.206. The number of benzene rings is 3. The van der Waals surface area contributed by atoms with Crippen LogP contribution in [0.4, 0.5) is 21.9 Å². The van der Waals surface area contributed by atoms with Gasteiger partial charge in [-0.1, -0.05) is 69.4 Å². The molecule has 0 aliphatic rings.